The molecule has 1 aromatic rings. The lowest BCUT2D eigenvalue weighted by molar-refractivity contribution is 0.150. The average molecular weight is 363 g/mol. The standard InChI is InChI=1S/C24H36F2/c1-2-3-4-6-18-9-11-19(12-10-18)22-7-5-8-23(17-22)20-13-15-21(16-14-20)24(25)26/h13-16,18-19,22-24H,2-12,17H2,1H3. The van der Waals surface area contributed by atoms with Crippen molar-refractivity contribution in [3.63, 3.8) is 0 Å². The summed E-state index contributed by atoms with van der Waals surface area (Å²) in [5.74, 6) is 3.35. The zero-order valence-corrected chi connectivity index (χ0v) is 16.4. The summed E-state index contributed by atoms with van der Waals surface area (Å²) >= 11 is 0. The predicted octanol–water partition coefficient (Wildman–Crippen LogP) is 8.28. The number of rotatable bonds is 7. The molecule has 2 atom stereocenters. The molecule has 0 radical (unpaired) electrons. The van der Waals surface area contributed by atoms with Crippen LogP contribution in [-0.4, -0.2) is 0 Å². The fourth-order valence-corrected chi connectivity index (χ4v) is 5.50. The van der Waals surface area contributed by atoms with E-state index in [4.69, 9.17) is 0 Å². The van der Waals surface area contributed by atoms with E-state index in [-0.39, 0.29) is 5.56 Å². The molecule has 2 fully saturated rings. The quantitative estimate of drug-likeness (QED) is 0.428. The maximum absolute atomic E-state index is 12.8. The summed E-state index contributed by atoms with van der Waals surface area (Å²) in [6, 6.07) is 7.18. The average Bonchev–Trinajstić information content (AvgIpc) is 2.69. The van der Waals surface area contributed by atoms with Gasteiger partial charge in [-0.3, -0.25) is 0 Å². The first-order valence-corrected chi connectivity index (χ1v) is 11.0. The van der Waals surface area contributed by atoms with Crippen molar-refractivity contribution in [3.8, 4) is 0 Å². The van der Waals surface area contributed by atoms with E-state index in [2.05, 4.69) is 6.92 Å². The fourth-order valence-electron chi connectivity index (χ4n) is 5.50. The van der Waals surface area contributed by atoms with Crippen molar-refractivity contribution in [2.75, 3.05) is 0 Å². The molecule has 0 saturated heterocycles. The van der Waals surface area contributed by atoms with Gasteiger partial charge in [0.1, 0.15) is 0 Å². The second-order valence-electron chi connectivity index (χ2n) is 8.87. The van der Waals surface area contributed by atoms with Crippen molar-refractivity contribution >= 4 is 0 Å². The molecule has 0 bridgehead atoms. The minimum Gasteiger partial charge on any atom is -0.205 e. The molecule has 3 rings (SSSR count). The highest BCUT2D eigenvalue weighted by atomic mass is 19.3. The zero-order chi connectivity index (χ0) is 18.4. The van der Waals surface area contributed by atoms with E-state index >= 15 is 0 Å². The molecule has 2 unspecified atom stereocenters. The van der Waals surface area contributed by atoms with Crippen LogP contribution in [0.4, 0.5) is 8.78 Å². The molecular formula is C24H36F2. The Bertz CT molecular complexity index is 514. The van der Waals surface area contributed by atoms with Crippen LogP contribution in [0, 0.1) is 17.8 Å². The predicted molar refractivity (Wildman–Crippen MR) is 106 cm³/mol. The lowest BCUT2D eigenvalue weighted by atomic mass is 9.67. The summed E-state index contributed by atoms with van der Waals surface area (Å²) in [7, 11) is 0. The van der Waals surface area contributed by atoms with Gasteiger partial charge >= 0.3 is 0 Å². The third-order valence-corrected chi connectivity index (χ3v) is 7.15. The van der Waals surface area contributed by atoms with Crippen LogP contribution in [0.1, 0.15) is 107 Å². The lowest BCUT2D eigenvalue weighted by Gasteiger charge is -2.38. The first-order chi connectivity index (χ1) is 12.7. The minimum absolute atomic E-state index is 0.155. The van der Waals surface area contributed by atoms with E-state index in [1.165, 1.54) is 82.6 Å². The largest absolute Gasteiger partial charge is 0.263 e. The molecule has 0 N–H and O–H groups in total. The second kappa shape index (κ2) is 9.85. The Morgan fingerprint density at radius 2 is 1.62 bits per heavy atom. The minimum atomic E-state index is -2.35. The Labute approximate surface area is 158 Å². The fraction of sp³-hybridized carbons (Fsp3) is 0.750. The summed E-state index contributed by atoms with van der Waals surface area (Å²) in [5, 5.41) is 0. The molecule has 146 valence electrons. The van der Waals surface area contributed by atoms with Crippen LogP contribution >= 0.6 is 0 Å². The summed E-state index contributed by atoms with van der Waals surface area (Å²) in [6.07, 6.45) is 14.2. The highest BCUT2D eigenvalue weighted by molar-refractivity contribution is 5.26. The van der Waals surface area contributed by atoms with Crippen molar-refractivity contribution in [1.29, 1.82) is 0 Å². The molecule has 2 saturated carbocycles. The Morgan fingerprint density at radius 1 is 0.885 bits per heavy atom. The highest BCUT2D eigenvalue weighted by Gasteiger charge is 2.31. The van der Waals surface area contributed by atoms with Crippen molar-refractivity contribution in [3.05, 3.63) is 35.4 Å². The summed E-state index contributed by atoms with van der Waals surface area (Å²) in [5.41, 5.74) is 1.44. The van der Waals surface area contributed by atoms with Crippen molar-refractivity contribution in [2.24, 2.45) is 17.8 Å². The van der Waals surface area contributed by atoms with E-state index in [1.807, 2.05) is 12.1 Å². The third kappa shape index (κ3) is 5.30. The van der Waals surface area contributed by atoms with Gasteiger partial charge in [0.2, 0.25) is 0 Å². The summed E-state index contributed by atoms with van der Waals surface area (Å²) in [6.45, 7) is 2.29. The van der Waals surface area contributed by atoms with Gasteiger partial charge in [-0.2, -0.15) is 0 Å². The summed E-state index contributed by atoms with van der Waals surface area (Å²) < 4.78 is 25.6. The van der Waals surface area contributed by atoms with E-state index in [0.29, 0.717) is 5.92 Å². The maximum Gasteiger partial charge on any atom is 0.263 e. The molecule has 1 aromatic carbocycles. The van der Waals surface area contributed by atoms with Gasteiger partial charge in [0.05, 0.1) is 0 Å². The normalized spacial score (nSPS) is 29.8. The van der Waals surface area contributed by atoms with Gasteiger partial charge in [-0.05, 0) is 54.9 Å². The SMILES string of the molecule is CCCCCC1CCC(C2CCCC(c3ccc(C(F)F)cc3)C2)CC1. The molecule has 0 nitrogen and oxygen atoms in total. The van der Waals surface area contributed by atoms with E-state index in [1.54, 1.807) is 12.1 Å². The Balaban J connectivity index is 1.49. The molecule has 0 aromatic heterocycles. The number of alkyl halides is 2. The Kier molecular flexibility index (Phi) is 7.52. The zero-order valence-electron chi connectivity index (χ0n) is 16.4. The molecule has 0 heterocycles. The monoisotopic (exact) mass is 362 g/mol. The van der Waals surface area contributed by atoms with Crippen molar-refractivity contribution in [2.45, 2.75) is 96.3 Å². The molecule has 26 heavy (non-hydrogen) atoms. The van der Waals surface area contributed by atoms with Gasteiger partial charge in [0.15, 0.2) is 0 Å². The topological polar surface area (TPSA) is 0 Å². The van der Waals surface area contributed by atoms with Crippen molar-refractivity contribution < 1.29 is 8.78 Å². The molecule has 0 amide bonds. The third-order valence-electron chi connectivity index (χ3n) is 7.15. The number of hydrogen-bond acceptors (Lipinski definition) is 0. The van der Waals surface area contributed by atoms with Gasteiger partial charge < -0.3 is 0 Å². The van der Waals surface area contributed by atoms with Crippen LogP contribution in [0.5, 0.6) is 0 Å². The number of unbranched alkanes of at least 4 members (excludes halogenated alkanes) is 2. The second-order valence-corrected chi connectivity index (χ2v) is 8.87. The highest BCUT2D eigenvalue weighted by Crippen LogP contribution is 2.45. The van der Waals surface area contributed by atoms with Gasteiger partial charge in [0, 0.05) is 5.56 Å². The van der Waals surface area contributed by atoms with Crippen LogP contribution in [0.15, 0.2) is 24.3 Å². The van der Waals surface area contributed by atoms with Gasteiger partial charge in [-0.1, -0.05) is 82.6 Å². The van der Waals surface area contributed by atoms with Gasteiger partial charge in [-0.15, -0.1) is 0 Å². The summed E-state index contributed by atoms with van der Waals surface area (Å²) in [4.78, 5) is 0. The Hall–Kier alpha value is -0.920. The van der Waals surface area contributed by atoms with E-state index in [9.17, 15) is 8.78 Å². The van der Waals surface area contributed by atoms with Gasteiger partial charge in [-0.25, -0.2) is 8.78 Å². The van der Waals surface area contributed by atoms with Gasteiger partial charge in [0.25, 0.3) is 6.43 Å². The van der Waals surface area contributed by atoms with Crippen molar-refractivity contribution in [1.82, 2.24) is 0 Å². The first kappa shape index (κ1) is 19.8. The number of benzene rings is 1. The smallest absolute Gasteiger partial charge is 0.205 e. The molecule has 0 spiro atoms. The number of halogens is 2. The molecule has 2 aliphatic rings. The maximum atomic E-state index is 12.8. The van der Waals surface area contributed by atoms with Crippen LogP contribution in [0.2, 0.25) is 0 Å². The Morgan fingerprint density at radius 3 is 2.27 bits per heavy atom. The van der Waals surface area contributed by atoms with E-state index < -0.39 is 6.43 Å². The molecule has 2 aliphatic carbocycles. The lowest BCUT2D eigenvalue weighted by Crippen LogP contribution is -2.26. The number of hydrogen-bond donors (Lipinski definition) is 0. The van der Waals surface area contributed by atoms with E-state index in [0.717, 1.165) is 17.8 Å². The van der Waals surface area contributed by atoms with Crippen LogP contribution < -0.4 is 0 Å². The van der Waals surface area contributed by atoms with Crippen LogP contribution in [0.3, 0.4) is 0 Å². The first-order valence-electron chi connectivity index (χ1n) is 11.0. The molecular weight excluding hydrogens is 326 g/mol. The van der Waals surface area contributed by atoms with Crippen LogP contribution in [0.25, 0.3) is 0 Å². The van der Waals surface area contributed by atoms with Crippen LogP contribution in [-0.2, 0) is 0 Å². The molecule has 0 aliphatic heterocycles. The molecule has 2 heteroatoms.